The molecule has 6 nitrogen and oxygen atoms in total. The van der Waals surface area contributed by atoms with Gasteiger partial charge in [0.15, 0.2) is 0 Å². The molecule has 0 aromatic carbocycles. The quantitative estimate of drug-likeness (QED) is 0.899. The molecule has 0 amide bonds. The molecule has 7 heteroatoms. The summed E-state index contributed by atoms with van der Waals surface area (Å²) in [6.07, 6.45) is 0.773. The molecule has 1 atom stereocenters. The molecule has 0 saturated carbocycles. The molecule has 2 aromatic heterocycles. The van der Waals surface area contributed by atoms with Crippen LogP contribution in [0, 0.1) is 6.92 Å². The topological polar surface area (TPSA) is 64.9 Å². The van der Waals surface area contributed by atoms with Crippen molar-refractivity contribution in [2.45, 2.75) is 19.4 Å². The molecule has 20 heavy (non-hydrogen) atoms. The highest BCUT2D eigenvalue weighted by Crippen LogP contribution is 2.25. The second-order valence-corrected chi connectivity index (χ2v) is 5.31. The minimum atomic E-state index is 0.0690. The van der Waals surface area contributed by atoms with Gasteiger partial charge in [-0.05, 0) is 36.0 Å². The fourth-order valence-electron chi connectivity index (χ4n) is 2.07. The van der Waals surface area contributed by atoms with Gasteiger partial charge in [-0.1, -0.05) is 0 Å². The first-order chi connectivity index (χ1) is 9.56. The second kappa shape index (κ2) is 6.32. The lowest BCUT2D eigenvalue weighted by Crippen LogP contribution is -2.21. The van der Waals surface area contributed by atoms with Crippen LogP contribution in [0.4, 0.5) is 0 Å². The van der Waals surface area contributed by atoms with Gasteiger partial charge in [-0.15, -0.1) is 5.10 Å². The second-order valence-electron chi connectivity index (χ2n) is 4.52. The minimum absolute atomic E-state index is 0.0690. The van der Waals surface area contributed by atoms with Gasteiger partial charge in [-0.25, -0.2) is 0 Å². The van der Waals surface area contributed by atoms with E-state index in [1.807, 2.05) is 37.8 Å². The van der Waals surface area contributed by atoms with Crippen LogP contribution in [0.1, 0.15) is 23.1 Å². The van der Waals surface area contributed by atoms with Crippen LogP contribution in [0.5, 0.6) is 5.88 Å². The lowest BCUT2D eigenvalue weighted by Gasteiger charge is -2.15. The fourth-order valence-corrected chi connectivity index (χ4v) is 2.57. The van der Waals surface area contributed by atoms with Crippen molar-refractivity contribution >= 4 is 15.9 Å². The number of aromatic nitrogens is 4. The van der Waals surface area contributed by atoms with Crippen LogP contribution < -0.4 is 10.1 Å². The van der Waals surface area contributed by atoms with E-state index in [4.69, 9.17) is 4.74 Å². The molecule has 1 unspecified atom stereocenters. The summed E-state index contributed by atoms with van der Waals surface area (Å²) in [6.45, 7) is 1.98. The molecule has 0 aliphatic heterocycles. The van der Waals surface area contributed by atoms with E-state index in [-0.39, 0.29) is 6.04 Å². The van der Waals surface area contributed by atoms with E-state index >= 15 is 0 Å². The van der Waals surface area contributed by atoms with Gasteiger partial charge in [0.05, 0.1) is 34.7 Å². The molecule has 0 radical (unpaired) electrons. The van der Waals surface area contributed by atoms with E-state index < -0.39 is 0 Å². The molecule has 0 spiro atoms. The summed E-state index contributed by atoms with van der Waals surface area (Å²) < 4.78 is 7.96. The lowest BCUT2D eigenvalue weighted by atomic mass is 10.1. The van der Waals surface area contributed by atoms with E-state index in [0.717, 1.165) is 28.0 Å². The largest absolute Gasteiger partial charge is 0.480 e. The first-order valence-corrected chi connectivity index (χ1v) is 7.09. The normalized spacial score (nSPS) is 12.4. The first-order valence-electron chi connectivity index (χ1n) is 6.29. The van der Waals surface area contributed by atoms with Crippen molar-refractivity contribution in [2.24, 2.45) is 7.05 Å². The maximum Gasteiger partial charge on any atom is 0.233 e. The molecule has 2 rings (SSSR count). The van der Waals surface area contributed by atoms with E-state index in [9.17, 15) is 0 Å². The zero-order chi connectivity index (χ0) is 14.7. The van der Waals surface area contributed by atoms with Crippen molar-refractivity contribution in [2.75, 3.05) is 14.2 Å². The summed E-state index contributed by atoms with van der Waals surface area (Å²) in [5, 5.41) is 15.9. The molecule has 0 aliphatic rings. The number of nitrogens with one attached hydrogen (secondary N) is 1. The number of ether oxygens (including phenoxy) is 1. The van der Waals surface area contributed by atoms with Crippen molar-refractivity contribution in [1.29, 1.82) is 0 Å². The third-order valence-corrected chi connectivity index (χ3v) is 4.27. The number of rotatable bonds is 5. The third-order valence-electron chi connectivity index (χ3n) is 3.23. The monoisotopic (exact) mass is 339 g/mol. The van der Waals surface area contributed by atoms with Crippen LogP contribution >= 0.6 is 15.9 Å². The molecule has 0 saturated heterocycles. The molecule has 0 aliphatic carbocycles. The van der Waals surface area contributed by atoms with Crippen LogP contribution in [-0.4, -0.2) is 34.1 Å². The van der Waals surface area contributed by atoms with Crippen LogP contribution in [-0.2, 0) is 13.5 Å². The number of methoxy groups -OCH3 is 1. The summed E-state index contributed by atoms with van der Waals surface area (Å²) in [7, 11) is 5.43. The standard InChI is InChI=1S/C13H18BrN5O/c1-8-13(14)11(19(3)18-8)7-10(15-2)9-5-6-12(20-4)17-16-9/h5-6,10,15H,7H2,1-4H3. The van der Waals surface area contributed by atoms with Gasteiger partial charge in [-0.3, -0.25) is 4.68 Å². The van der Waals surface area contributed by atoms with E-state index in [1.165, 1.54) is 0 Å². The van der Waals surface area contributed by atoms with E-state index in [1.54, 1.807) is 7.11 Å². The highest BCUT2D eigenvalue weighted by atomic mass is 79.9. The molecule has 2 heterocycles. The number of likely N-dealkylation sites (N-methyl/N-ethyl adjacent to an activating group) is 1. The minimum Gasteiger partial charge on any atom is -0.480 e. The van der Waals surface area contributed by atoms with Crippen LogP contribution in [0.25, 0.3) is 0 Å². The molecular formula is C13H18BrN5O. The number of halogens is 1. The predicted molar refractivity (Wildman–Crippen MR) is 79.7 cm³/mol. The Morgan fingerprint density at radius 3 is 2.60 bits per heavy atom. The summed E-state index contributed by atoms with van der Waals surface area (Å²) in [6, 6.07) is 3.81. The zero-order valence-electron chi connectivity index (χ0n) is 12.0. The van der Waals surface area contributed by atoms with Crippen LogP contribution in [0.15, 0.2) is 16.6 Å². The van der Waals surface area contributed by atoms with Crippen molar-refractivity contribution in [3.05, 3.63) is 33.7 Å². The van der Waals surface area contributed by atoms with Crippen LogP contribution in [0.3, 0.4) is 0 Å². The van der Waals surface area contributed by atoms with Crippen molar-refractivity contribution in [1.82, 2.24) is 25.3 Å². The Hall–Kier alpha value is -1.47. The number of nitrogens with zero attached hydrogens (tertiary/aromatic N) is 4. The Kier molecular flexibility index (Phi) is 4.72. The molecule has 0 bridgehead atoms. The van der Waals surface area contributed by atoms with Gasteiger partial charge in [-0.2, -0.15) is 10.2 Å². The van der Waals surface area contributed by atoms with Crippen molar-refractivity contribution in [3.8, 4) is 5.88 Å². The van der Waals surface area contributed by atoms with Gasteiger partial charge in [0, 0.05) is 19.5 Å². The Bertz CT molecular complexity index is 581. The number of hydrogen-bond donors (Lipinski definition) is 1. The molecule has 108 valence electrons. The molecular weight excluding hydrogens is 322 g/mol. The molecule has 0 fully saturated rings. The Morgan fingerprint density at radius 2 is 2.15 bits per heavy atom. The van der Waals surface area contributed by atoms with Crippen molar-refractivity contribution < 1.29 is 4.74 Å². The van der Waals surface area contributed by atoms with Crippen molar-refractivity contribution in [3.63, 3.8) is 0 Å². The van der Waals surface area contributed by atoms with Gasteiger partial charge in [0.2, 0.25) is 5.88 Å². The Morgan fingerprint density at radius 1 is 1.40 bits per heavy atom. The smallest absolute Gasteiger partial charge is 0.233 e. The average Bonchev–Trinajstić information content (AvgIpc) is 2.70. The molecule has 1 N–H and O–H groups in total. The number of hydrogen-bond acceptors (Lipinski definition) is 5. The highest BCUT2D eigenvalue weighted by molar-refractivity contribution is 9.10. The fraction of sp³-hybridized carbons (Fsp3) is 0.462. The summed E-state index contributed by atoms with van der Waals surface area (Å²) >= 11 is 3.59. The van der Waals surface area contributed by atoms with Gasteiger partial charge >= 0.3 is 0 Å². The van der Waals surface area contributed by atoms with Gasteiger partial charge < -0.3 is 10.1 Å². The zero-order valence-corrected chi connectivity index (χ0v) is 13.6. The van der Waals surface area contributed by atoms with E-state index in [0.29, 0.717) is 5.88 Å². The third kappa shape index (κ3) is 2.99. The Labute approximate surface area is 126 Å². The maximum atomic E-state index is 5.03. The van der Waals surface area contributed by atoms with E-state index in [2.05, 4.69) is 36.5 Å². The number of aryl methyl sites for hydroxylation is 2. The lowest BCUT2D eigenvalue weighted by molar-refractivity contribution is 0.389. The van der Waals surface area contributed by atoms with Gasteiger partial charge in [0.25, 0.3) is 0 Å². The van der Waals surface area contributed by atoms with Gasteiger partial charge in [0.1, 0.15) is 0 Å². The molecule has 2 aromatic rings. The highest BCUT2D eigenvalue weighted by Gasteiger charge is 2.18. The van der Waals surface area contributed by atoms with Crippen LogP contribution in [0.2, 0.25) is 0 Å². The predicted octanol–water partition coefficient (Wildman–Crippen LogP) is 1.79. The maximum absolute atomic E-state index is 5.03. The summed E-state index contributed by atoms with van der Waals surface area (Å²) in [5.41, 5.74) is 2.98. The SMILES string of the molecule is CNC(Cc1c(Br)c(C)nn1C)c1ccc(OC)nn1. The summed E-state index contributed by atoms with van der Waals surface area (Å²) in [4.78, 5) is 0. The Balaban J connectivity index is 2.23. The first kappa shape index (κ1) is 14.9. The average molecular weight is 340 g/mol. The summed E-state index contributed by atoms with van der Waals surface area (Å²) in [5.74, 6) is 0.515.